The molecule has 0 aliphatic carbocycles. The molecule has 0 aliphatic rings. The Kier molecular flexibility index (Phi) is 6.37. The van der Waals surface area contributed by atoms with Crippen molar-refractivity contribution in [2.45, 2.75) is 0 Å². The Morgan fingerprint density at radius 2 is 1.44 bits per heavy atom. The zero-order valence-electron chi connectivity index (χ0n) is 17.2. The van der Waals surface area contributed by atoms with Crippen molar-refractivity contribution in [1.82, 2.24) is 15.0 Å². The van der Waals surface area contributed by atoms with Crippen molar-refractivity contribution < 1.29 is 9.84 Å². The monoisotopic (exact) mass is 427 g/mol. The number of benzene rings is 3. The van der Waals surface area contributed by atoms with Crippen LogP contribution >= 0.6 is 0 Å². The lowest BCUT2D eigenvalue weighted by molar-refractivity contribution is 0.415. The highest BCUT2D eigenvalue weighted by molar-refractivity contribution is 5.80. The first-order chi connectivity index (χ1) is 15.7. The van der Waals surface area contributed by atoms with Crippen LogP contribution in [0.4, 0.5) is 29.2 Å². The second kappa shape index (κ2) is 9.90. The fourth-order valence-corrected chi connectivity index (χ4v) is 2.76. The summed E-state index contributed by atoms with van der Waals surface area (Å²) in [5, 5.41) is 20.0. The summed E-state index contributed by atoms with van der Waals surface area (Å²) in [7, 11) is 1.62. The minimum atomic E-state index is 0.162. The van der Waals surface area contributed by atoms with Gasteiger partial charge in [0.15, 0.2) is 0 Å². The van der Waals surface area contributed by atoms with Gasteiger partial charge in [0.1, 0.15) is 11.5 Å². The number of nitrogens with one attached hydrogen (secondary N) is 3. The molecular weight excluding hydrogens is 406 g/mol. The zero-order chi connectivity index (χ0) is 22.2. The molecule has 0 saturated heterocycles. The van der Waals surface area contributed by atoms with Crippen molar-refractivity contribution in [3.8, 4) is 11.5 Å². The second-order valence-electron chi connectivity index (χ2n) is 6.62. The van der Waals surface area contributed by atoms with Gasteiger partial charge in [0, 0.05) is 11.4 Å². The largest absolute Gasteiger partial charge is 0.508 e. The molecule has 9 heteroatoms. The SMILES string of the molecule is COc1ccc(Nc2nc(NN=Cc3cccc(O)c3)nc(Nc3ccccc3)n2)cc1. The molecule has 1 heterocycles. The van der Waals surface area contributed by atoms with Gasteiger partial charge in [-0.05, 0) is 54.1 Å². The fourth-order valence-electron chi connectivity index (χ4n) is 2.76. The molecule has 0 fully saturated rings. The first-order valence-electron chi connectivity index (χ1n) is 9.75. The number of para-hydroxylation sites is 1. The number of hydrogen-bond donors (Lipinski definition) is 4. The van der Waals surface area contributed by atoms with Gasteiger partial charge in [-0.3, -0.25) is 0 Å². The lowest BCUT2D eigenvalue weighted by Gasteiger charge is -2.10. The summed E-state index contributed by atoms with van der Waals surface area (Å²) in [5.41, 5.74) is 5.16. The van der Waals surface area contributed by atoms with Crippen molar-refractivity contribution in [1.29, 1.82) is 0 Å². The van der Waals surface area contributed by atoms with E-state index >= 15 is 0 Å². The smallest absolute Gasteiger partial charge is 0.250 e. The first-order valence-corrected chi connectivity index (χ1v) is 9.75. The molecule has 0 atom stereocenters. The highest BCUT2D eigenvalue weighted by atomic mass is 16.5. The minimum Gasteiger partial charge on any atom is -0.508 e. The van der Waals surface area contributed by atoms with Gasteiger partial charge in [-0.1, -0.05) is 30.3 Å². The summed E-state index contributed by atoms with van der Waals surface area (Å²) < 4.78 is 5.19. The number of phenols is 1. The van der Waals surface area contributed by atoms with Crippen LogP contribution in [0.15, 0.2) is 84.0 Å². The van der Waals surface area contributed by atoms with Crippen LogP contribution < -0.4 is 20.8 Å². The topological polar surface area (TPSA) is 117 Å². The molecule has 4 N–H and O–H groups in total. The number of phenolic OH excluding ortho intramolecular Hbond substituents is 1. The molecule has 0 spiro atoms. The van der Waals surface area contributed by atoms with Gasteiger partial charge in [-0.2, -0.15) is 20.1 Å². The van der Waals surface area contributed by atoms with Crippen LogP contribution in [-0.4, -0.2) is 33.4 Å². The molecule has 4 aromatic rings. The normalized spacial score (nSPS) is 10.7. The Morgan fingerprint density at radius 3 is 2.09 bits per heavy atom. The second-order valence-corrected chi connectivity index (χ2v) is 6.62. The Hall–Kier alpha value is -4.66. The Labute approximate surface area is 184 Å². The molecule has 0 bridgehead atoms. The number of methoxy groups -OCH3 is 1. The molecule has 0 saturated carbocycles. The Balaban J connectivity index is 1.57. The standard InChI is InChI=1S/C23H21N7O2/c1-32-20-12-10-18(11-13-20)26-22-27-21(25-17-7-3-2-4-8-17)28-23(29-22)30-24-15-16-6-5-9-19(31)14-16/h2-15,31H,1H3,(H3,25,26,27,28,29,30). The van der Waals surface area contributed by atoms with Crippen LogP contribution in [0.5, 0.6) is 11.5 Å². The van der Waals surface area contributed by atoms with Crippen molar-refractivity contribution in [2.75, 3.05) is 23.2 Å². The molecule has 4 rings (SSSR count). The summed E-state index contributed by atoms with van der Waals surface area (Å²) in [4.78, 5) is 13.2. The van der Waals surface area contributed by atoms with E-state index in [1.165, 1.54) is 0 Å². The maximum atomic E-state index is 9.58. The Bertz CT molecular complexity index is 1200. The summed E-state index contributed by atoms with van der Waals surface area (Å²) in [5.74, 6) is 1.83. The molecule has 3 aromatic carbocycles. The van der Waals surface area contributed by atoms with Gasteiger partial charge < -0.3 is 20.5 Å². The number of aromatic nitrogens is 3. The van der Waals surface area contributed by atoms with E-state index in [1.54, 1.807) is 31.5 Å². The van der Waals surface area contributed by atoms with E-state index in [-0.39, 0.29) is 11.7 Å². The fraction of sp³-hybridized carbons (Fsp3) is 0.0435. The van der Waals surface area contributed by atoms with Gasteiger partial charge >= 0.3 is 0 Å². The van der Waals surface area contributed by atoms with Crippen LogP contribution in [0.25, 0.3) is 0 Å². The molecule has 9 nitrogen and oxygen atoms in total. The third kappa shape index (κ3) is 5.70. The quantitative estimate of drug-likeness (QED) is 0.240. The number of hydrazone groups is 1. The van der Waals surface area contributed by atoms with Gasteiger partial charge in [-0.15, -0.1) is 0 Å². The van der Waals surface area contributed by atoms with E-state index in [1.807, 2.05) is 60.7 Å². The van der Waals surface area contributed by atoms with Crippen LogP contribution in [0.1, 0.15) is 5.56 Å². The molecule has 0 radical (unpaired) electrons. The average molecular weight is 427 g/mol. The van der Waals surface area contributed by atoms with E-state index in [0.717, 1.165) is 22.7 Å². The van der Waals surface area contributed by atoms with E-state index in [9.17, 15) is 5.11 Å². The van der Waals surface area contributed by atoms with E-state index < -0.39 is 0 Å². The number of nitrogens with zero attached hydrogens (tertiary/aromatic N) is 4. The Morgan fingerprint density at radius 1 is 0.781 bits per heavy atom. The molecular formula is C23H21N7O2. The van der Waals surface area contributed by atoms with Crippen molar-refractivity contribution in [3.63, 3.8) is 0 Å². The molecule has 1 aromatic heterocycles. The molecule has 0 unspecified atom stereocenters. The first kappa shape index (κ1) is 20.6. The summed E-state index contributed by atoms with van der Waals surface area (Å²) in [6.07, 6.45) is 1.56. The predicted molar refractivity (Wildman–Crippen MR) is 125 cm³/mol. The maximum absolute atomic E-state index is 9.58. The molecule has 0 amide bonds. The highest BCUT2D eigenvalue weighted by Gasteiger charge is 2.08. The molecule has 160 valence electrons. The molecule has 0 aliphatic heterocycles. The van der Waals surface area contributed by atoms with Crippen LogP contribution in [0.2, 0.25) is 0 Å². The van der Waals surface area contributed by atoms with Gasteiger partial charge in [0.25, 0.3) is 0 Å². The van der Waals surface area contributed by atoms with Crippen LogP contribution in [0, 0.1) is 0 Å². The number of rotatable bonds is 8. The number of aromatic hydroxyl groups is 1. The highest BCUT2D eigenvalue weighted by Crippen LogP contribution is 2.20. The van der Waals surface area contributed by atoms with Crippen LogP contribution in [-0.2, 0) is 0 Å². The summed E-state index contributed by atoms with van der Waals surface area (Å²) in [6.45, 7) is 0. The third-order valence-corrected chi connectivity index (χ3v) is 4.26. The van der Waals surface area contributed by atoms with Gasteiger partial charge in [0.05, 0.1) is 13.3 Å². The number of ether oxygens (including phenoxy) is 1. The van der Waals surface area contributed by atoms with E-state index in [2.05, 4.69) is 36.1 Å². The van der Waals surface area contributed by atoms with E-state index in [0.29, 0.717) is 11.9 Å². The van der Waals surface area contributed by atoms with Crippen molar-refractivity contribution >= 4 is 35.4 Å². The zero-order valence-corrected chi connectivity index (χ0v) is 17.2. The molecule has 32 heavy (non-hydrogen) atoms. The third-order valence-electron chi connectivity index (χ3n) is 4.26. The lowest BCUT2D eigenvalue weighted by atomic mass is 10.2. The predicted octanol–water partition coefficient (Wildman–Crippen LogP) is 4.52. The number of anilines is 5. The van der Waals surface area contributed by atoms with Gasteiger partial charge in [0.2, 0.25) is 17.8 Å². The average Bonchev–Trinajstić information content (AvgIpc) is 2.80. The van der Waals surface area contributed by atoms with Crippen LogP contribution in [0.3, 0.4) is 0 Å². The van der Waals surface area contributed by atoms with Gasteiger partial charge in [-0.25, -0.2) is 5.43 Å². The van der Waals surface area contributed by atoms with Crippen molar-refractivity contribution in [2.24, 2.45) is 5.10 Å². The summed E-state index contributed by atoms with van der Waals surface area (Å²) in [6, 6.07) is 23.7. The minimum absolute atomic E-state index is 0.162. The maximum Gasteiger partial charge on any atom is 0.250 e. The van der Waals surface area contributed by atoms with E-state index in [4.69, 9.17) is 4.74 Å². The number of hydrogen-bond acceptors (Lipinski definition) is 9. The summed E-state index contributed by atoms with van der Waals surface area (Å²) >= 11 is 0. The van der Waals surface area contributed by atoms with Crippen molar-refractivity contribution in [3.05, 3.63) is 84.4 Å². The lowest BCUT2D eigenvalue weighted by Crippen LogP contribution is -2.07.